The first-order chi connectivity index (χ1) is 49.2. The number of hydrogen-bond donors (Lipinski definition) is 20. The lowest BCUT2D eigenvalue weighted by Crippen LogP contribution is -2.61. The number of amides is 11. The van der Waals surface area contributed by atoms with E-state index >= 15 is 0 Å². The highest BCUT2D eigenvalue weighted by Crippen LogP contribution is 2.17. The lowest BCUT2D eigenvalue weighted by atomic mass is 9.97. The van der Waals surface area contributed by atoms with E-state index in [1.165, 1.54) is 0 Å². The molecule has 28 N–H and O–H groups in total. The summed E-state index contributed by atoms with van der Waals surface area (Å²) in [5, 5.41) is 40.3. The molecule has 0 rings (SSSR count). The molecule has 0 heterocycles. The number of carbonyl (C=O) groups is 12. The standard InChI is InChI=1S/C71H137N21O13/c1-39(2)33-51(86-58(93)46(75)23-15-18-28-72)64(99)88-52(34-40(3)4)62(97)84-47(24-16-19-29-73)59(94)83-49(26-21-31-80-70(76)77)60(95)82-48(25-17-20-30-74)61(96)87-54(36-42(7)8)65(100)90-56(38-44(11)12)67(102)92-57(45(13)14)68(103)91-55(37-43(9)10)66(101)89-53(35-41(5)6)63(98)85-50(69(104)105)27-22-32-81-71(78)79/h39-57H,15-38,72-75H2,1-14H3,(H,82,95)(H,83,94)(H,84,97)(H,85,98)(H,86,93)(H,87,96)(H,88,99)(H,89,101)(H,90,100)(H,91,103)(H,92,102)(H,104,105)(H4,76,77,80)(H4,78,79,81)/t46-,47-,48-,49-,50-,51-,52-,53-,54-,55-,56-,57-/m0/s1. The maximum atomic E-state index is 14.8. The van der Waals surface area contributed by atoms with Crippen molar-refractivity contribution >= 4 is 82.9 Å². The highest BCUT2D eigenvalue weighted by atomic mass is 16.4. The van der Waals surface area contributed by atoms with Crippen molar-refractivity contribution in [2.45, 2.75) is 291 Å². The molecule has 0 fully saturated rings. The average Bonchev–Trinajstić information content (AvgIpc) is 0.849. The zero-order chi connectivity index (χ0) is 80.2. The average molecular weight is 1490 g/mol. The number of carbonyl (C=O) groups excluding carboxylic acids is 11. The number of aliphatic carboxylic acids is 1. The Morgan fingerprint density at radius 1 is 0.286 bits per heavy atom. The molecule has 0 aromatic heterocycles. The maximum absolute atomic E-state index is 14.8. The third kappa shape index (κ3) is 42.7. The summed E-state index contributed by atoms with van der Waals surface area (Å²) in [6.07, 6.45) is 4.24. The number of carboxylic acids is 1. The van der Waals surface area contributed by atoms with Gasteiger partial charge < -0.3 is 109 Å². The fraction of sp³-hybridized carbons (Fsp3) is 0.803. The van der Waals surface area contributed by atoms with Gasteiger partial charge in [-0.2, -0.15) is 0 Å². The second-order valence-corrected chi connectivity index (χ2v) is 30.3. The number of aliphatic imine (C=N–C) groups is 2. The van der Waals surface area contributed by atoms with Crippen molar-refractivity contribution in [1.29, 1.82) is 0 Å². The van der Waals surface area contributed by atoms with Crippen LogP contribution < -0.4 is 104 Å². The molecule has 34 heteroatoms. The Kier molecular flexibility index (Phi) is 48.9. The number of rotatable bonds is 56. The number of carboxylic acid groups (broad SMARTS) is 1. The summed E-state index contributed by atoms with van der Waals surface area (Å²) in [6, 6.07) is -14.7. The van der Waals surface area contributed by atoms with Gasteiger partial charge in [-0.3, -0.25) is 62.7 Å². The number of nitrogens with zero attached hydrogens (tertiary/aromatic N) is 2. The first-order valence-corrected chi connectivity index (χ1v) is 37.7. The van der Waals surface area contributed by atoms with Gasteiger partial charge in [-0.05, 0) is 177 Å². The molecule has 0 bridgehead atoms. The summed E-state index contributed by atoms with van der Waals surface area (Å²) in [4.78, 5) is 178. The van der Waals surface area contributed by atoms with Gasteiger partial charge >= 0.3 is 5.97 Å². The van der Waals surface area contributed by atoms with Crippen molar-refractivity contribution in [3.8, 4) is 0 Å². The summed E-state index contributed by atoms with van der Waals surface area (Å²) >= 11 is 0. The predicted molar refractivity (Wildman–Crippen MR) is 407 cm³/mol. The van der Waals surface area contributed by atoms with Crippen molar-refractivity contribution in [2.75, 3.05) is 32.7 Å². The molecule has 105 heavy (non-hydrogen) atoms. The van der Waals surface area contributed by atoms with Crippen molar-refractivity contribution < 1.29 is 62.6 Å². The van der Waals surface area contributed by atoms with Gasteiger partial charge in [-0.25, -0.2) is 4.79 Å². The number of nitrogens with two attached hydrogens (primary N) is 8. The summed E-state index contributed by atoms with van der Waals surface area (Å²) < 4.78 is 0. The SMILES string of the molecule is CC(C)C[C@H](NC(=O)[C@H](CC(C)C)NC(=O)[C@@H](NC(=O)[C@H](CC(C)C)NC(=O)[C@H](CC(C)C)NC(=O)[C@H](CCCCN)NC(=O)[C@H](CCCN=C(N)N)NC(=O)[C@H](CCCCN)NC(=O)[C@H](CC(C)C)NC(=O)[C@H](CC(C)C)NC(=O)[C@@H](N)CCCCN)C(C)C)C(=O)N[C@@H](CCCN=C(N)N)C(=O)O. The van der Waals surface area contributed by atoms with Crippen LogP contribution in [0, 0.1) is 41.4 Å². The first-order valence-electron chi connectivity index (χ1n) is 37.7. The van der Waals surface area contributed by atoms with Crippen molar-refractivity contribution in [3.63, 3.8) is 0 Å². The van der Waals surface area contributed by atoms with E-state index in [-0.39, 0.29) is 151 Å². The minimum absolute atomic E-state index is 0.0148. The summed E-state index contributed by atoms with van der Waals surface area (Å²) in [5.74, 6) is -11.2. The lowest BCUT2D eigenvalue weighted by Gasteiger charge is -2.30. The highest BCUT2D eigenvalue weighted by molar-refractivity contribution is 5.99. The molecule has 0 aliphatic heterocycles. The van der Waals surface area contributed by atoms with Crippen LogP contribution in [0.5, 0.6) is 0 Å². The normalized spacial score (nSPS) is 14.9. The fourth-order valence-corrected chi connectivity index (χ4v) is 11.4. The minimum atomic E-state index is -1.38. The Morgan fingerprint density at radius 3 is 0.762 bits per heavy atom. The summed E-state index contributed by atoms with van der Waals surface area (Å²) in [6.45, 7) is 26.4. The summed E-state index contributed by atoms with van der Waals surface area (Å²) in [5.41, 5.74) is 45.7. The molecule has 12 atom stereocenters. The van der Waals surface area contributed by atoms with Crippen LogP contribution in [-0.2, 0) is 57.5 Å². The molecule has 0 radical (unpaired) electrons. The van der Waals surface area contributed by atoms with Crippen LogP contribution in [0.25, 0.3) is 0 Å². The Bertz CT molecular complexity index is 2740. The van der Waals surface area contributed by atoms with Crippen molar-refractivity contribution in [2.24, 2.45) is 97.3 Å². The van der Waals surface area contributed by atoms with E-state index in [9.17, 15) is 62.6 Å². The molecule has 0 saturated heterocycles. The largest absolute Gasteiger partial charge is 0.480 e. The Hall–Kier alpha value is -7.98. The van der Waals surface area contributed by atoms with Crippen LogP contribution in [0.1, 0.15) is 219 Å². The smallest absolute Gasteiger partial charge is 0.326 e. The number of unbranched alkanes of at least 4 members (excludes halogenated alkanes) is 3. The van der Waals surface area contributed by atoms with Crippen LogP contribution >= 0.6 is 0 Å². The molecule has 0 aromatic rings. The van der Waals surface area contributed by atoms with Gasteiger partial charge in [0.25, 0.3) is 0 Å². The van der Waals surface area contributed by atoms with Crippen LogP contribution in [0.15, 0.2) is 9.98 Å². The zero-order valence-corrected chi connectivity index (χ0v) is 65.3. The van der Waals surface area contributed by atoms with Gasteiger partial charge in [0.05, 0.1) is 6.04 Å². The molecular formula is C71H137N21O13. The van der Waals surface area contributed by atoms with Gasteiger partial charge in [-0.15, -0.1) is 0 Å². The highest BCUT2D eigenvalue weighted by Gasteiger charge is 2.38. The third-order valence-electron chi connectivity index (χ3n) is 16.9. The Morgan fingerprint density at radius 2 is 0.505 bits per heavy atom. The van der Waals surface area contributed by atoms with E-state index < -0.39 is 149 Å². The maximum Gasteiger partial charge on any atom is 0.326 e. The quantitative estimate of drug-likeness (QED) is 0.0200. The van der Waals surface area contributed by atoms with Gasteiger partial charge in [0.1, 0.15) is 66.5 Å². The topological polar surface area (TPSA) is 590 Å². The molecule has 0 unspecified atom stereocenters. The lowest BCUT2D eigenvalue weighted by molar-refractivity contribution is -0.142. The Labute approximate surface area is 623 Å². The minimum Gasteiger partial charge on any atom is -0.480 e. The van der Waals surface area contributed by atoms with Crippen molar-refractivity contribution in [3.05, 3.63) is 0 Å². The summed E-state index contributed by atoms with van der Waals surface area (Å²) in [7, 11) is 0. The van der Waals surface area contributed by atoms with Crippen LogP contribution in [-0.4, -0.2) is 193 Å². The molecule has 604 valence electrons. The number of nitrogens with one attached hydrogen (secondary N) is 11. The fourth-order valence-electron chi connectivity index (χ4n) is 11.4. The van der Waals surface area contributed by atoms with Crippen LogP contribution in [0.4, 0.5) is 0 Å². The molecule has 34 nitrogen and oxygen atoms in total. The van der Waals surface area contributed by atoms with E-state index in [0.717, 1.165) is 0 Å². The van der Waals surface area contributed by atoms with Gasteiger partial charge in [0.15, 0.2) is 11.9 Å². The molecular weight excluding hydrogens is 1350 g/mol. The predicted octanol–water partition coefficient (Wildman–Crippen LogP) is -0.842. The van der Waals surface area contributed by atoms with Gasteiger partial charge in [0, 0.05) is 13.1 Å². The molecule has 0 saturated carbocycles. The Balaban J connectivity index is 7.22. The van der Waals surface area contributed by atoms with E-state index in [0.29, 0.717) is 51.5 Å². The van der Waals surface area contributed by atoms with Crippen molar-refractivity contribution in [1.82, 2.24) is 58.5 Å². The molecule has 0 spiro atoms. The molecule has 0 aromatic carbocycles. The van der Waals surface area contributed by atoms with Gasteiger partial charge in [-0.1, -0.05) is 103 Å². The number of hydrogen-bond acceptors (Lipinski definition) is 18. The van der Waals surface area contributed by atoms with Crippen LogP contribution in [0.2, 0.25) is 0 Å². The van der Waals surface area contributed by atoms with E-state index in [1.807, 2.05) is 83.1 Å². The van der Waals surface area contributed by atoms with Crippen LogP contribution in [0.3, 0.4) is 0 Å². The van der Waals surface area contributed by atoms with E-state index in [4.69, 9.17) is 45.9 Å². The molecule has 11 amide bonds. The molecule has 0 aliphatic rings. The zero-order valence-electron chi connectivity index (χ0n) is 65.3. The second-order valence-electron chi connectivity index (χ2n) is 30.3. The first kappa shape index (κ1) is 97.0. The van der Waals surface area contributed by atoms with Gasteiger partial charge in [0.2, 0.25) is 65.0 Å². The van der Waals surface area contributed by atoms with E-state index in [2.05, 4.69) is 68.5 Å². The van der Waals surface area contributed by atoms with E-state index in [1.54, 1.807) is 13.8 Å². The number of guanidine groups is 2. The second kappa shape index (κ2) is 52.9. The monoisotopic (exact) mass is 1490 g/mol. The molecule has 0 aliphatic carbocycles. The third-order valence-corrected chi connectivity index (χ3v) is 16.9.